The number of urea groups is 1. The molecule has 2 aromatic carbocycles. The summed E-state index contributed by atoms with van der Waals surface area (Å²) in [5.41, 5.74) is 1.91. The van der Waals surface area contributed by atoms with Gasteiger partial charge in [-0.05, 0) is 54.1 Å². The maximum Gasteiger partial charge on any atom is 0.315 e. The van der Waals surface area contributed by atoms with E-state index in [0.717, 1.165) is 43.2 Å². The van der Waals surface area contributed by atoms with Crippen molar-refractivity contribution in [1.29, 1.82) is 0 Å². The van der Waals surface area contributed by atoms with Gasteiger partial charge in [-0.25, -0.2) is 9.18 Å². The molecule has 8 nitrogen and oxygen atoms in total. The SMILES string of the molecule is COc1ccc(CNC(=O)NCC(c2ccco2)N2CCN(c3ccc(F)cc3)CC2)cc1OC. The summed E-state index contributed by atoms with van der Waals surface area (Å²) in [7, 11) is 3.16. The zero-order valence-corrected chi connectivity index (χ0v) is 20.0. The van der Waals surface area contributed by atoms with Crippen LogP contribution in [0.25, 0.3) is 0 Å². The van der Waals surface area contributed by atoms with Crippen LogP contribution in [0.2, 0.25) is 0 Å². The fourth-order valence-corrected chi connectivity index (χ4v) is 4.26. The molecule has 1 aliphatic heterocycles. The second-order valence-electron chi connectivity index (χ2n) is 8.28. The molecule has 2 amide bonds. The summed E-state index contributed by atoms with van der Waals surface area (Å²) in [6.45, 7) is 3.94. The molecule has 2 heterocycles. The molecule has 1 saturated heterocycles. The Morgan fingerprint density at radius 3 is 2.40 bits per heavy atom. The summed E-state index contributed by atoms with van der Waals surface area (Å²) in [5.74, 6) is 1.83. The van der Waals surface area contributed by atoms with Crippen molar-refractivity contribution in [3.63, 3.8) is 0 Å². The first-order valence-corrected chi connectivity index (χ1v) is 11.6. The summed E-state index contributed by atoms with van der Waals surface area (Å²) >= 11 is 0. The monoisotopic (exact) mass is 482 g/mol. The summed E-state index contributed by atoms with van der Waals surface area (Å²) in [6.07, 6.45) is 1.65. The lowest BCUT2D eigenvalue weighted by Crippen LogP contribution is -2.50. The van der Waals surface area contributed by atoms with Crippen LogP contribution >= 0.6 is 0 Å². The molecule has 1 aromatic heterocycles. The van der Waals surface area contributed by atoms with Gasteiger partial charge in [0.2, 0.25) is 0 Å². The zero-order valence-electron chi connectivity index (χ0n) is 20.0. The summed E-state index contributed by atoms with van der Waals surface area (Å²) in [4.78, 5) is 17.1. The minimum atomic E-state index is -0.263. The highest BCUT2D eigenvalue weighted by atomic mass is 19.1. The highest BCUT2D eigenvalue weighted by Crippen LogP contribution is 2.27. The van der Waals surface area contributed by atoms with E-state index in [1.54, 1.807) is 32.6 Å². The quantitative estimate of drug-likeness (QED) is 0.483. The third-order valence-electron chi connectivity index (χ3n) is 6.18. The predicted molar refractivity (Wildman–Crippen MR) is 131 cm³/mol. The number of piperazine rings is 1. The number of nitrogens with zero attached hydrogens (tertiary/aromatic N) is 2. The Labute approximate surface area is 204 Å². The van der Waals surface area contributed by atoms with Crippen LogP contribution in [0, 0.1) is 5.82 Å². The first-order chi connectivity index (χ1) is 17.1. The van der Waals surface area contributed by atoms with Gasteiger partial charge in [0.05, 0.1) is 26.5 Å². The molecule has 1 atom stereocenters. The van der Waals surface area contributed by atoms with Gasteiger partial charge in [-0.15, -0.1) is 0 Å². The van der Waals surface area contributed by atoms with E-state index in [1.165, 1.54) is 12.1 Å². The van der Waals surface area contributed by atoms with Crippen molar-refractivity contribution in [2.75, 3.05) is 51.8 Å². The molecule has 0 saturated carbocycles. The number of carbonyl (C=O) groups is 1. The van der Waals surface area contributed by atoms with Crippen LogP contribution in [0.4, 0.5) is 14.9 Å². The van der Waals surface area contributed by atoms with Crippen molar-refractivity contribution in [2.24, 2.45) is 0 Å². The number of anilines is 1. The number of amides is 2. The Morgan fingerprint density at radius 1 is 1.00 bits per heavy atom. The lowest BCUT2D eigenvalue weighted by atomic mass is 10.1. The van der Waals surface area contributed by atoms with Crippen molar-refractivity contribution in [2.45, 2.75) is 12.6 Å². The minimum Gasteiger partial charge on any atom is -0.493 e. The van der Waals surface area contributed by atoms with E-state index in [0.29, 0.717) is 24.6 Å². The number of furan rings is 1. The molecule has 0 aliphatic carbocycles. The van der Waals surface area contributed by atoms with Gasteiger partial charge in [-0.2, -0.15) is 0 Å². The molecule has 1 fully saturated rings. The lowest BCUT2D eigenvalue weighted by molar-refractivity contribution is 0.161. The predicted octanol–water partition coefficient (Wildman–Crippen LogP) is 3.80. The van der Waals surface area contributed by atoms with Crippen LogP contribution < -0.4 is 25.0 Å². The molecule has 1 unspecified atom stereocenters. The van der Waals surface area contributed by atoms with E-state index in [-0.39, 0.29) is 17.9 Å². The number of hydrogen-bond donors (Lipinski definition) is 2. The molecule has 3 aromatic rings. The summed E-state index contributed by atoms with van der Waals surface area (Å²) < 4.78 is 29.5. The van der Waals surface area contributed by atoms with Gasteiger partial charge >= 0.3 is 6.03 Å². The zero-order chi connectivity index (χ0) is 24.6. The van der Waals surface area contributed by atoms with E-state index in [2.05, 4.69) is 20.4 Å². The van der Waals surface area contributed by atoms with Gasteiger partial charge in [0, 0.05) is 45.0 Å². The highest BCUT2D eigenvalue weighted by Gasteiger charge is 2.27. The summed E-state index contributed by atoms with van der Waals surface area (Å²) in [5, 5.41) is 5.87. The molecule has 0 radical (unpaired) electrons. The van der Waals surface area contributed by atoms with E-state index in [4.69, 9.17) is 13.9 Å². The molecule has 186 valence electrons. The van der Waals surface area contributed by atoms with Gasteiger partial charge in [0.15, 0.2) is 11.5 Å². The van der Waals surface area contributed by atoms with Gasteiger partial charge in [-0.1, -0.05) is 6.07 Å². The van der Waals surface area contributed by atoms with E-state index >= 15 is 0 Å². The molecular formula is C26H31FN4O4. The van der Waals surface area contributed by atoms with Crippen molar-refractivity contribution >= 4 is 11.7 Å². The standard InChI is InChI=1S/C26H31FN4O4/c1-33-24-10-5-19(16-25(24)34-2)17-28-26(32)29-18-22(23-4-3-15-35-23)31-13-11-30(12-14-31)21-8-6-20(27)7-9-21/h3-10,15-16,22H,11-14,17-18H2,1-2H3,(H2,28,29,32). The summed E-state index contributed by atoms with van der Waals surface area (Å²) in [6, 6.07) is 15.5. The second kappa shape index (κ2) is 11.6. The smallest absolute Gasteiger partial charge is 0.315 e. The van der Waals surface area contributed by atoms with Crippen LogP contribution in [-0.2, 0) is 6.54 Å². The minimum absolute atomic E-state index is 0.0906. The average molecular weight is 483 g/mol. The molecule has 9 heteroatoms. The number of halogens is 1. The van der Waals surface area contributed by atoms with Crippen molar-refractivity contribution in [3.05, 3.63) is 78.0 Å². The molecular weight excluding hydrogens is 451 g/mol. The number of benzene rings is 2. The maximum absolute atomic E-state index is 13.3. The number of carbonyl (C=O) groups excluding carboxylic acids is 1. The van der Waals surface area contributed by atoms with Crippen LogP contribution in [-0.4, -0.2) is 57.9 Å². The Hall–Kier alpha value is -3.72. The molecule has 1 aliphatic rings. The largest absolute Gasteiger partial charge is 0.493 e. The first kappa shape index (κ1) is 24.4. The maximum atomic E-state index is 13.3. The second-order valence-corrected chi connectivity index (χ2v) is 8.28. The average Bonchev–Trinajstić information content (AvgIpc) is 3.43. The Morgan fingerprint density at radius 2 is 1.74 bits per heavy atom. The van der Waals surface area contributed by atoms with Crippen LogP contribution in [0.15, 0.2) is 65.3 Å². The third-order valence-corrected chi connectivity index (χ3v) is 6.18. The van der Waals surface area contributed by atoms with E-state index in [9.17, 15) is 9.18 Å². The van der Waals surface area contributed by atoms with Crippen molar-refractivity contribution in [1.82, 2.24) is 15.5 Å². The molecule has 0 spiro atoms. The Balaban J connectivity index is 1.31. The lowest BCUT2D eigenvalue weighted by Gasteiger charge is -2.39. The van der Waals surface area contributed by atoms with Crippen molar-refractivity contribution < 1.29 is 23.1 Å². The van der Waals surface area contributed by atoms with Crippen LogP contribution in [0.3, 0.4) is 0 Å². The number of hydrogen-bond acceptors (Lipinski definition) is 6. The van der Waals surface area contributed by atoms with Gasteiger partial charge < -0.3 is 29.4 Å². The molecule has 4 rings (SSSR count). The molecule has 35 heavy (non-hydrogen) atoms. The number of methoxy groups -OCH3 is 2. The van der Waals surface area contributed by atoms with Gasteiger partial charge in [-0.3, -0.25) is 4.90 Å². The highest BCUT2D eigenvalue weighted by molar-refractivity contribution is 5.73. The molecule has 0 bridgehead atoms. The van der Waals surface area contributed by atoms with Crippen LogP contribution in [0.1, 0.15) is 17.4 Å². The number of ether oxygens (including phenoxy) is 2. The number of nitrogens with one attached hydrogen (secondary N) is 2. The third kappa shape index (κ3) is 6.24. The van der Waals surface area contributed by atoms with E-state index in [1.807, 2.05) is 30.3 Å². The van der Waals surface area contributed by atoms with E-state index < -0.39 is 0 Å². The van der Waals surface area contributed by atoms with Crippen LogP contribution in [0.5, 0.6) is 11.5 Å². The van der Waals surface area contributed by atoms with Crippen molar-refractivity contribution in [3.8, 4) is 11.5 Å². The van der Waals surface area contributed by atoms with Gasteiger partial charge in [0.25, 0.3) is 0 Å². The molecule has 2 N–H and O–H groups in total. The fraction of sp³-hybridized carbons (Fsp3) is 0.346. The Kier molecular flexibility index (Phi) is 8.10. The van der Waals surface area contributed by atoms with Gasteiger partial charge in [0.1, 0.15) is 11.6 Å². The normalized spacial score (nSPS) is 14.9. The first-order valence-electron chi connectivity index (χ1n) is 11.6. The fourth-order valence-electron chi connectivity index (χ4n) is 4.26. The Bertz CT molecular complexity index is 1080. The topological polar surface area (TPSA) is 79.2 Å². The number of rotatable bonds is 9.